The number of aliphatic carboxylic acids is 1. The standard InChI is InChI=1S/C66H101N13O13/c1-7-8-9-10-11-12-13-14-15-16-17-18-22-29-55(82)92-40-53(72-44(6)80)60(85)73-49(27-23-34-70-66(67)68)58(83)77-56(42(2)3)62(87)74-50(36-46-30-32-48(81)33-31-46)59(84)78-57(43(4)5)63(88)75-51(38-47-39-69-41-71-47)64(89)79-35-24-28-54(79)61(86)76-52(65(90)91)37-45-25-20-19-21-26-45/h19-21,25-26,30-33,39,41-43,49-54,56-57,81H,7-18,22-24,27-29,34-38,40H2,1-6H3,(H,69,71)(H,72,80)(H,73,85)(H,74,87)(H,75,88)(H,76,86)(H,77,83)(H,78,84)(H,90,91)(H4,67,68,70)/t49-,50-,51-,52-,53-,54-,56-,57-/m0/s1. The molecule has 1 fully saturated rings. The van der Waals surface area contributed by atoms with Crippen molar-refractivity contribution in [1.29, 1.82) is 0 Å². The van der Waals surface area contributed by atoms with Crippen LogP contribution in [0.2, 0.25) is 0 Å². The lowest BCUT2D eigenvalue weighted by atomic mass is 9.98. The number of hydrogen-bond donors (Lipinski definition) is 12. The fourth-order valence-corrected chi connectivity index (χ4v) is 10.8. The molecule has 1 saturated heterocycles. The van der Waals surface area contributed by atoms with E-state index in [2.05, 4.69) is 59.1 Å². The predicted octanol–water partition coefficient (Wildman–Crippen LogP) is 4.02. The van der Waals surface area contributed by atoms with Gasteiger partial charge in [-0.3, -0.25) is 48.1 Å². The molecule has 0 radical (unpaired) electrons. The monoisotopic (exact) mass is 1280 g/mol. The lowest BCUT2D eigenvalue weighted by Gasteiger charge is -2.31. The van der Waals surface area contributed by atoms with Crippen LogP contribution in [0.1, 0.15) is 174 Å². The number of likely N-dealkylation sites (tertiary alicyclic amines) is 1. The molecule has 1 aromatic heterocycles. The van der Waals surface area contributed by atoms with Gasteiger partial charge < -0.3 is 73.5 Å². The molecule has 0 unspecified atom stereocenters. The Bertz CT molecular complexity index is 2830. The number of rotatable bonds is 43. The Kier molecular flexibility index (Phi) is 33.8. The molecule has 0 saturated carbocycles. The molecule has 8 atom stereocenters. The summed E-state index contributed by atoms with van der Waals surface area (Å²) in [5.74, 6) is -9.48. The van der Waals surface area contributed by atoms with Crippen molar-refractivity contribution >= 4 is 65.2 Å². The number of imidazole rings is 1. The summed E-state index contributed by atoms with van der Waals surface area (Å²) in [6, 6.07) is 3.99. The minimum absolute atomic E-state index is 0.00528. The number of aromatic nitrogens is 2. The summed E-state index contributed by atoms with van der Waals surface area (Å²) in [4.78, 5) is 151. The van der Waals surface area contributed by atoms with E-state index in [9.17, 15) is 58.2 Å². The number of carbonyl (C=O) groups excluding carboxylic acids is 9. The largest absolute Gasteiger partial charge is 0.508 e. The van der Waals surface area contributed by atoms with Gasteiger partial charge in [-0.2, -0.15) is 0 Å². The number of esters is 1. The number of aromatic hydroxyl groups is 1. The number of aliphatic imine (C=N–C) groups is 1. The molecular weight excluding hydrogens is 1180 g/mol. The minimum Gasteiger partial charge on any atom is -0.508 e. The summed E-state index contributed by atoms with van der Waals surface area (Å²) >= 11 is 0. The number of unbranched alkanes of at least 4 members (excludes halogenated alkanes) is 12. The number of H-pyrrole nitrogens is 1. The summed E-state index contributed by atoms with van der Waals surface area (Å²) in [6.07, 6.45) is 18.1. The lowest BCUT2D eigenvalue weighted by molar-refractivity contribution is -0.147. The highest BCUT2D eigenvalue weighted by atomic mass is 16.5. The number of hydrogen-bond acceptors (Lipinski definition) is 14. The molecule has 1 aliphatic heterocycles. The summed E-state index contributed by atoms with van der Waals surface area (Å²) in [7, 11) is 0. The van der Waals surface area contributed by atoms with E-state index in [1.165, 1.54) is 100.0 Å². The van der Waals surface area contributed by atoms with Gasteiger partial charge in [0, 0.05) is 57.6 Å². The van der Waals surface area contributed by atoms with Crippen LogP contribution in [0, 0.1) is 11.8 Å². The SMILES string of the molecule is CCCCCCCCCCCCCCCC(=O)OC[C@H](NC(C)=O)C(=O)N[C@@H](CCCN=C(N)N)C(=O)N[C@H](C(=O)N[C@@H](Cc1ccc(O)cc1)C(=O)N[C@H](C(=O)N[C@@H](Cc1cnc[nH]1)C(=O)N1CCC[C@H]1C(=O)N[C@@H](Cc1ccccc1)C(=O)O)C(C)C)C(C)C. The minimum atomic E-state index is -1.44. The zero-order valence-electron chi connectivity index (χ0n) is 54.5. The van der Waals surface area contributed by atoms with E-state index in [1.807, 2.05) is 0 Å². The average Bonchev–Trinajstić information content (AvgIpc) is 1.60. The van der Waals surface area contributed by atoms with Gasteiger partial charge in [0.15, 0.2) is 5.96 Å². The maximum Gasteiger partial charge on any atom is 0.326 e. The number of carboxylic acid groups (broad SMARTS) is 1. The second-order valence-corrected chi connectivity index (χ2v) is 24.5. The van der Waals surface area contributed by atoms with Crippen LogP contribution in [0.5, 0.6) is 5.75 Å². The Morgan fingerprint density at radius 3 is 1.71 bits per heavy atom. The molecule has 2 heterocycles. The normalized spacial score (nSPS) is 15.1. The van der Waals surface area contributed by atoms with E-state index in [0.717, 1.165) is 25.7 Å². The summed E-state index contributed by atoms with van der Waals surface area (Å²) in [5.41, 5.74) is 12.7. The Morgan fingerprint density at radius 1 is 0.630 bits per heavy atom. The fourth-order valence-electron chi connectivity index (χ4n) is 10.8. The average molecular weight is 1280 g/mol. The highest BCUT2D eigenvalue weighted by molar-refractivity contribution is 5.98. The molecule has 0 aliphatic carbocycles. The number of nitrogens with zero attached hydrogens (tertiary/aromatic N) is 3. The van der Waals surface area contributed by atoms with Gasteiger partial charge >= 0.3 is 11.9 Å². The van der Waals surface area contributed by atoms with Crippen LogP contribution in [0.15, 0.2) is 72.1 Å². The van der Waals surface area contributed by atoms with Crippen LogP contribution in [-0.2, 0) is 71.9 Å². The van der Waals surface area contributed by atoms with Gasteiger partial charge in [0.2, 0.25) is 47.3 Å². The Morgan fingerprint density at radius 2 is 1.16 bits per heavy atom. The molecule has 4 rings (SSSR count). The number of nitrogens with one attached hydrogen (secondary N) is 8. The second-order valence-electron chi connectivity index (χ2n) is 24.5. The van der Waals surface area contributed by atoms with Crippen molar-refractivity contribution in [1.82, 2.24) is 52.1 Å². The Hall–Kier alpha value is -8.58. The summed E-state index contributed by atoms with van der Waals surface area (Å²) < 4.78 is 5.46. The molecule has 508 valence electrons. The topological polar surface area (TPSA) is 401 Å². The third-order valence-electron chi connectivity index (χ3n) is 16.0. The number of phenols is 1. The Labute approximate surface area is 540 Å². The smallest absolute Gasteiger partial charge is 0.326 e. The predicted molar refractivity (Wildman–Crippen MR) is 347 cm³/mol. The zero-order chi connectivity index (χ0) is 67.5. The van der Waals surface area contributed by atoms with E-state index in [1.54, 1.807) is 58.0 Å². The van der Waals surface area contributed by atoms with Gasteiger partial charge in [-0.15, -0.1) is 0 Å². The Balaban J connectivity index is 1.49. The van der Waals surface area contributed by atoms with Gasteiger partial charge in [0.25, 0.3) is 0 Å². The molecule has 0 bridgehead atoms. The summed E-state index contributed by atoms with van der Waals surface area (Å²) in [5, 5.41) is 38.9. The second kappa shape index (κ2) is 41.0. The number of benzene rings is 2. The fraction of sp³-hybridized carbons (Fsp3) is 0.606. The van der Waals surface area contributed by atoms with E-state index in [0.29, 0.717) is 29.7 Å². The van der Waals surface area contributed by atoms with E-state index in [4.69, 9.17) is 16.2 Å². The van der Waals surface area contributed by atoms with Crippen molar-refractivity contribution in [3.05, 3.63) is 83.9 Å². The van der Waals surface area contributed by atoms with Crippen LogP contribution in [0.3, 0.4) is 0 Å². The molecule has 8 amide bonds. The highest BCUT2D eigenvalue weighted by Crippen LogP contribution is 2.22. The zero-order valence-corrected chi connectivity index (χ0v) is 54.5. The number of ether oxygens (including phenoxy) is 1. The van der Waals surface area contributed by atoms with Crippen molar-refractivity contribution < 1.29 is 62.9 Å². The lowest BCUT2D eigenvalue weighted by Crippen LogP contribution is -2.62. The first-order valence-corrected chi connectivity index (χ1v) is 32.6. The van der Waals surface area contributed by atoms with E-state index in [-0.39, 0.29) is 69.7 Å². The van der Waals surface area contributed by atoms with Crippen LogP contribution in [0.25, 0.3) is 0 Å². The van der Waals surface area contributed by atoms with Crippen molar-refractivity contribution in [2.24, 2.45) is 28.3 Å². The maximum absolute atomic E-state index is 14.7. The van der Waals surface area contributed by atoms with Crippen molar-refractivity contribution in [3.63, 3.8) is 0 Å². The summed E-state index contributed by atoms with van der Waals surface area (Å²) in [6.45, 7) is 9.63. The number of phenolic OH excluding ortho intramolecular Hbond substituents is 1. The van der Waals surface area contributed by atoms with Crippen molar-refractivity contribution in [2.75, 3.05) is 19.7 Å². The first-order chi connectivity index (χ1) is 44.0. The molecule has 0 spiro atoms. The van der Waals surface area contributed by atoms with Gasteiger partial charge in [0.05, 0.1) is 6.33 Å². The number of carbonyl (C=O) groups is 10. The van der Waals surface area contributed by atoms with Gasteiger partial charge in [-0.1, -0.05) is 154 Å². The molecule has 1 aliphatic rings. The van der Waals surface area contributed by atoms with Crippen LogP contribution in [-0.4, -0.2) is 158 Å². The molecule has 2 aromatic carbocycles. The molecule has 3 aromatic rings. The molecular formula is C66H101N13O13. The quantitative estimate of drug-likeness (QED) is 0.0165. The third kappa shape index (κ3) is 27.9. The van der Waals surface area contributed by atoms with Crippen LogP contribution >= 0.6 is 0 Å². The van der Waals surface area contributed by atoms with E-state index < -0.39 is 126 Å². The first kappa shape index (κ1) is 75.9. The van der Waals surface area contributed by atoms with Crippen molar-refractivity contribution in [3.8, 4) is 5.75 Å². The number of nitrogens with two attached hydrogens (primary N) is 2. The number of amides is 8. The van der Waals surface area contributed by atoms with Crippen molar-refractivity contribution in [2.45, 2.75) is 225 Å². The highest BCUT2D eigenvalue weighted by Gasteiger charge is 2.41. The third-order valence-corrected chi connectivity index (χ3v) is 16.0. The first-order valence-electron chi connectivity index (χ1n) is 32.6. The van der Waals surface area contributed by atoms with Crippen LogP contribution in [0.4, 0.5) is 0 Å². The van der Waals surface area contributed by atoms with E-state index >= 15 is 0 Å². The number of guanidine groups is 1. The molecule has 92 heavy (non-hydrogen) atoms. The number of carboxylic acids is 1. The molecule has 26 heteroatoms. The van der Waals surface area contributed by atoms with Gasteiger partial charge in [-0.05, 0) is 67.2 Å². The number of aromatic amines is 1. The van der Waals surface area contributed by atoms with Gasteiger partial charge in [-0.25, -0.2) is 9.78 Å². The maximum atomic E-state index is 14.7. The van der Waals surface area contributed by atoms with Crippen LogP contribution < -0.4 is 48.7 Å². The molecule has 26 nitrogen and oxygen atoms in total. The molecule has 14 N–H and O–H groups in total. The van der Waals surface area contributed by atoms with Gasteiger partial charge in [0.1, 0.15) is 60.7 Å².